The zero-order valence-corrected chi connectivity index (χ0v) is 23.1. The SMILES string of the molecule is C/C=C\c1ccccc1C.C/C=C\c1ccccc1C.Cc1cc(C)cc(-n2ccc3ccccc32)c1. The van der Waals surface area contributed by atoms with Gasteiger partial charge in [-0.15, -0.1) is 0 Å². The second kappa shape index (κ2) is 13.8. The van der Waals surface area contributed by atoms with E-state index in [-0.39, 0.29) is 0 Å². The Kier molecular flexibility index (Phi) is 10.3. The molecule has 0 fully saturated rings. The van der Waals surface area contributed by atoms with Gasteiger partial charge >= 0.3 is 0 Å². The Morgan fingerprint density at radius 3 is 1.54 bits per heavy atom. The van der Waals surface area contributed by atoms with Gasteiger partial charge in [-0.05, 0) is 105 Å². The van der Waals surface area contributed by atoms with Crippen LogP contribution in [0.3, 0.4) is 0 Å². The van der Waals surface area contributed by atoms with Crippen molar-refractivity contribution >= 4 is 23.1 Å². The van der Waals surface area contributed by atoms with Crippen molar-refractivity contribution in [2.45, 2.75) is 41.5 Å². The maximum absolute atomic E-state index is 2.25. The minimum absolute atomic E-state index is 1.24. The second-order valence-corrected chi connectivity index (χ2v) is 9.30. The highest BCUT2D eigenvalue weighted by atomic mass is 15.0. The second-order valence-electron chi connectivity index (χ2n) is 9.30. The molecule has 0 radical (unpaired) electrons. The summed E-state index contributed by atoms with van der Waals surface area (Å²) >= 11 is 0. The van der Waals surface area contributed by atoms with Crippen molar-refractivity contribution in [2.24, 2.45) is 0 Å². The molecule has 1 heterocycles. The van der Waals surface area contributed by atoms with Gasteiger partial charge in [0.25, 0.3) is 0 Å². The number of aromatic nitrogens is 1. The van der Waals surface area contributed by atoms with Crippen LogP contribution in [-0.4, -0.2) is 4.57 Å². The van der Waals surface area contributed by atoms with Crippen LogP contribution in [0.15, 0.2) is 115 Å². The van der Waals surface area contributed by atoms with E-state index in [0.29, 0.717) is 0 Å². The Morgan fingerprint density at radius 1 is 0.541 bits per heavy atom. The van der Waals surface area contributed by atoms with E-state index in [0.717, 1.165) is 0 Å². The van der Waals surface area contributed by atoms with Gasteiger partial charge in [-0.3, -0.25) is 0 Å². The van der Waals surface area contributed by atoms with Crippen LogP contribution in [-0.2, 0) is 0 Å². The smallest absolute Gasteiger partial charge is 0.0528 e. The predicted octanol–water partition coefficient (Wildman–Crippen LogP) is 10.3. The summed E-state index contributed by atoms with van der Waals surface area (Å²) in [5.41, 5.74) is 10.4. The fourth-order valence-corrected chi connectivity index (χ4v) is 4.30. The molecule has 1 nitrogen and oxygen atoms in total. The van der Waals surface area contributed by atoms with Crippen molar-refractivity contribution in [3.8, 4) is 5.69 Å². The number of fused-ring (bicyclic) bond motifs is 1. The molecular weight excluding hydrogens is 446 g/mol. The van der Waals surface area contributed by atoms with Crippen LogP contribution in [0.5, 0.6) is 0 Å². The summed E-state index contributed by atoms with van der Waals surface area (Å²) in [7, 11) is 0. The van der Waals surface area contributed by atoms with Gasteiger partial charge in [0.1, 0.15) is 0 Å². The van der Waals surface area contributed by atoms with Gasteiger partial charge in [0.2, 0.25) is 0 Å². The van der Waals surface area contributed by atoms with E-state index in [2.05, 4.69) is 160 Å². The summed E-state index contributed by atoms with van der Waals surface area (Å²) < 4.78 is 2.25. The van der Waals surface area contributed by atoms with Gasteiger partial charge in [-0.1, -0.05) is 97.1 Å². The molecule has 4 aromatic carbocycles. The third kappa shape index (κ3) is 7.95. The van der Waals surface area contributed by atoms with Crippen LogP contribution in [0.4, 0.5) is 0 Å². The van der Waals surface area contributed by atoms with E-state index in [4.69, 9.17) is 0 Å². The van der Waals surface area contributed by atoms with Crippen molar-refractivity contribution in [3.63, 3.8) is 0 Å². The fraction of sp³-hybridized carbons (Fsp3) is 0.167. The first kappa shape index (κ1) is 27.5. The summed E-state index contributed by atoms with van der Waals surface area (Å²) in [5, 5.41) is 1.28. The normalized spacial score (nSPS) is 10.8. The fourth-order valence-electron chi connectivity index (χ4n) is 4.30. The number of nitrogens with zero attached hydrogens (tertiary/aromatic N) is 1. The average molecular weight is 486 g/mol. The highest BCUT2D eigenvalue weighted by Crippen LogP contribution is 2.21. The minimum Gasteiger partial charge on any atom is -0.317 e. The van der Waals surface area contributed by atoms with Crippen LogP contribution >= 0.6 is 0 Å². The van der Waals surface area contributed by atoms with Crippen molar-refractivity contribution in [2.75, 3.05) is 0 Å². The van der Waals surface area contributed by atoms with Gasteiger partial charge in [0.15, 0.2) is 0 Å². The molecule has 0 N–H and O–H groups in total. The Bertz CT molecular complexity index is 1410. The number of allylic oxidation sites excluding steroid dienone is 2. The summed E-state index contributed by atoms with van der Waals surface area (Å²) in [6, 6.07) is 34.0. The lowest BCUT2D eigenvalue weighted by atomic mass is 10.1. The molecule has 188 valence electrons. The van der Waals surface area contributed by atoms with E-state index in [9.17, 15) is 0 Å². The van der Waals surface area contributed by atoms with Gasteiger partial charge in [-0.2, -0.15) is 0 Å². The standard InChI is InChI=1S/C16H15N.2C10H12/c1-12-9-13(2)11-15(10-12)17-8-7-14-5-3-4-6-16(14)17;2*1-3-6-10-8-5-4-7-9(10)2/h3-11H,1-2H3;2*3-8H,1-2H3/b;2*6-3-. The third-order valence-corrected chi connectivity index (χ3v) is 6.15. The molecule has 0 bridgehead atoms. The topological polar surface area (TPSA) is 4.93 Å². The lowest BCUT2D eigenvalue weighted by Gasteiger charge is -2.08. The molecule has 0 aliphatic heterocycles. The number of hydrogen-bond donors (Lipinski definition) is 0. The van der Waals surface area contributed by atoms with Crippen LogP contribution in [0.1, 0.15) is 47.2 Å². The van der Waals surface area contributed by atoms with Crippen molar-refractivity contribution in [1.29, 1.82) is 0 Å². The van der Waals surface area contributed by atoms with E-state index in [1.54, 1.807) is 0 Å². The van der Waals surface area contributed by atoms with Gasteiger partial charge in [-0.25, -0.2) is 0 Å². The summed E-state index contributed by atoms with van der Waals surface area (Å²) in [6.07, 6.45) is 10.5. The zero-order chi connectivity index (χ0) is 26.6. The van der Waals surface area contributed by atoms with Crippen LogP contribution in [0.2, 0.25) is 0 Å². The number of benzene rings is 4. The Hall–Kier alpha value is -4.10. The molecule has 0 aliphatic rings. The highest BCUT2D eigenvalue weighted by Gasteiger charge is 2.03. The molecule has 1 aromatic heterocycles. The largest absolute Gasteiger partial charge is 0.317 e. The first-order chi connectivity index (χ1) is 17.9. The quantitative estimate of drug-likeness (QED) is 0.239. The van der Waals surface area contributed by atoms with Crippen molar-refractivity contribution < 1.29 is 0 Å². The van der Waals surface area contributed by atoms with Crippen LogP contribution in [0, 0.1) is 27.7 Å². The number of rotatable bonds is 3. The summed E-state index contributed by atoms with van der Waals surface area (Å²) in [4.78, 5) is 0. The van der Waals surface area contributed by atoms with Crippen molar-refractivity contribution in [3.05, 3.63) is 149 Å². The Morgan fingerprint density at radius 2 is 1.03 bits per heavy atom. The van der Waals surface area contributed by atoms with E-state index in [1.807, 2.05) is 13.8 Å². The number of hydrogen-bond acceptors (Lipinski definition) is 0. The molecule has 0 spiro atoms. The minimum atomic E-state index is 1.24. The molecule has 0 saturated carbocycles. The summed E-state index contributed by atoms with van der Waals surface area (Å²) in [5.74, 6) is 0. The molecule has 0 unspecified atom stereocenters. The molecule has 5 aromatic rings. The molecule has 0 saturated heterocycles. The lowest BCUT2D eigenvalue weighted by molar-refractivity contribution is 1.11. The van der Waals surface area contributed by atoms with Crippen LogP contribution < -0.4 is 0 Å². The first-order valence-corrected chi connectivity index (χ1v) is 12.9. The van der Waals surface area contributed by atoms with E-state index in [1.165, 1.54) is 50.0 Å². The van der Waals surface area contributed by atoms with Gasteiger partial charge < -0.3 is 4.57 Å². The van der Waals surface area contributed by atoms with Crippen LogP contribution in [0.25, 0.3) is 28.7 Å². The average Bonchev–Trinajstić information content (AvgIpc) is 3.32. The third-order valence-electron chi connectivity index (χ3n) is 6.15. The van der Waals surface area contributed by atoms with Gasteiger partial charge in [0.05, 0.1) is 5.52 Å². The monoisotopic (exact) mass is 485 g/mol. The van der Waals surface area contributed by atoms with E-state index >= 15 is 0 Å². The molecule has 0 aliphatic carbocycles. The Balaban J connectivity index is 0.000000165. The predicted molar refractivity (Wildman–Crippen MR) is 165 cm³/mol. The maximum atomic E-state index is 2.25. The molecule has 0 amide bonds. The number of para-hydroxylation sites is 1. The van der Waals surface area contributed by atoms with Gasteiger partial charge in [0, 0.05) is 11.9 Å². The zero-order valence-electron chi connectivity index (χ0n) is 23.1. The molecule has 37 heavy (non-hydrogen) atoms. The Labute approximate surface area is 223 Å². The maximum Gasteiger partial charge on any atom is 0.0528 e. The molecule has 5 rings (SSSR count). The van der Waals surface area contributed by atoms with E-state index < -0.39 is 0 Å². The summed E-state index contributed by atoms with van der Waals surface area (Å²) in [6.45, 7) is 12.6. The van der Waals surface area contributed by atoms with Crippen molar-refractivity contribution in [1.82, 2.24) is 4.57 Å². The highest BCUT2D eigenvalue weighted by molar-refractivity contribution is 5.81. The lowest BCUT2D eigenvalue weighted by Crippen LogP contribution is -1.93. The molecular formula is C36H39N. The number of aryl methyl sites for hydroxylation is 4. The first-order valence-electron chi connectivity index (χ1n) is 12.9. The molecule has 1 heteroatoms. The molecule has 0 atom stereocenters.